The van der Waals surface area contributed by atoms with Gasteiger partial charge in [0.15, 0.2) is 0 Å². The van der Waals surface area contributed by atoms with Gasteiger partial charge in [-0.3, -0.25) is 5.32 Å². The Balaban J connectivity index is 2.12. The minimum Gasteiger partial charge on any atom is -0.497 e. The molecule has 1 aliphatic heterocycles. The first-order valence-corrected chi connectivity index (χ1v) is 4.39. The first kappa shape index (κ1) is 8.53. The van der Waals surface area contributed by atoms with E-state index < -0.39 is 0 Å². The second-order valence-electron chi connectivity index (χ2n) is 2.98. The molecule has 2 rings (SSSR count). The van der Waals surface area contributed by atoms with Crippen LogP contribution in [0.1, 0.15) is 11.8 Å². The predicted octanol–water partition coefficient (Wildman–Crippen LogP) is 1.31. The lowest BCUT2D eigenvalue weighted by Gasteiger charge is -2.10. The molecule has 1 heterocycles. The monoisotopic (exact) mass is 179 g/mol. The van der Waals surface area contributed by atoms with Crippen LogP contribution < -0.4 is 10.1 Å². The van der Waals surface area contributed by atoms with Gasteiger partial charge in [-0.2, -0.15) is 0 Å². The molecule has 0 aromatic heterocycles. The van der Waals surface area contributed by atoms with E-state index in [9.17, 15) is 0 Å². The second-order valence-corrected chi connectivity index (χ2v) is 2.98. The van der Waals surface area contributed by atoms with Crippen LogP contribution >= 0.6 is 0 Å². The van der Waals surface area contributed by atoms with Crippen molar-refractivity contribution in [3.8, 4) is 5.75 Å². The van der Waals surface area contributed by atoms with Gasteiger partial charge in [0.1, 0.15) is 12.0 Å². The Morgan fingerprint density at radius 2 is 2.15 bits per heavy atom. The molecule has 1 fully saturated rings. The van der Waals surface area contributed by atoms with Crippen LogP contribution in [0.3, 0.4) is 0 Å². The third-order valence-corrected chi connectivity index (χ3v) is 2.13. The molecule has 70 valence electrons. The van der Waals surface area contributed by atoms with Crippen molar-refractivity contribution in [3.05, 3.63) is 29.8 Å². The second kappa shape index (κ2) is 3.77. The predicted molar refractivity (Wildman–Crippen MR) is 49.7 cm³/mol. The third kappa shape index (κ3) is 1.82. The Bertz CT molecular complexity index is 265. The summed E-state index contributed by atoms with van der Waals surface area (Å²) in [7, 11) is 1.67. The fourth-order valence-corrected chi connectivity index (χ4v) is 1.42. The van der Waals surface area contributed by atoms with Crippen LogP contribution in [0.4, 0.5) is 0 Å². The molecule has 3 heteroatoms. The van der Waals surface area contributed by atoms with Crippen LogP contribution in [-0.2, 0) is 4.74 Å². The van der Waals surface area contributed by atoms with E-state index >= 15 is 0 Å². The molecule has 0 unspecified atom stereocenters. The van der Waals surface area contributed by atoms with Gasteiger partial charge < -0.3 is 9.47 Å². The first-order chi connectivity index (χ1) is 6.40. The highest BCUT2D eigenvalue weighted by molar-refractivity contribution is 5.28. The Kier molecular flexibility index (Phi) is 2.47. The van der Waals surface area contributed by atoms with Crippen LogP contribution in [-0.4, -0.2) is 20.3 Å². The number of ether oxygens (including phenoxy) is 2. The van der Waals surface area contributed by atoms with E-state index in [1.54, 1.807) is 7.11 Å². The van der Waals surface area contributed by atoms with Crippen molar-refractivity contribution in [3.63, 3.8) is 0 Å². The van der Waals surface area contributed by atoms with Crippen molar-refractivity contribution in [1.29, 1.82) is 0 Å². The van der Waals surface area contributed by atoms with Crippen molar-refractivity contribution >= 4 is 0 Å². The standard InChI is InChI=1S/C10H13NO2/c1-12-9-4-2-8(3-5-9)10-11-6-7-13-10/h2-5,10-11H,6-7H2,1H3/t10-/m1/s1. The van der Waals surface area contributed by atoms with Crippen LogP contribution in [0.15, 0.2) is 24.3 Å². The molecule has 0 amide bonds. The van der Waals surface area contributed by atoms with Crippen molar-refractivity contribution in [2.75, 3.05) is 20.3 Å². The molecule has 0 saturated carbocycles. The zero-order chi connectivity index (χ0) is 9.10. The van der Waals surface area contributed by atoms with E-state index in [1.165, 1.54) is 0 Å². The molecule has 1 saturated heterocycles. The minimum atomic E-state index is 0.0610. The Hall–Kier alpha value is -1.06. The third-order valence-electron chi connectivity index (χ3n) is 2.13. The molecule has 0 spiro atoms. The maximum Gasteiger partial charge on any atom is 0.134 e. The topological polar surface area (TPSA) is 30.5 Å². The average Bonchev–Trinajstić information content (AvgIpc) is 2.71. The normalized spacial score (nSPS) is 21.8. The minimum absolute atomic E-state index is 0.0610. The van der Waals surface area contributed by atoms with Gasteiger partial charge in [-0.05, 0) is 17.7 Å². The lowest BCUT2D eigenvalue weighted by Crippen LogP contribution is -2.13. The van der Waals surface area contributed by atoms with Crippen LogP contribution in [0, 0.1) is 0 Å². The van der Waals surface area contributed by atoms with Crippen LogP contribution in [0.5, 0.6) is 5.75 Å². The van der Waals surface area contributed by atoms with Crippen molar-refractivity contribution in [2.24, 2.45) is 0 Å². The first-order valence-electron chi connectivity index (χ1n) is 4.39. The summed E-state index contributed by atoms with van der Waals surface area (Å²) >= 11 is 0. The Morgan fingerprint density at radius 3 is 2.69 bits per heavy atom. The summed E-state index contributed by atoms with van der Waals surface area (Å²) in [5, 5.41) is 3.25. The van der Waals surface area contributed by atoms with E-state index in [0.717, 1.165) is 24.5 Å². The maximum absolute atomic E-state index is 5.46. The van der Waals surface area contributed by atoms with Crippen molar-refractivity contribution in [2.45, 2.75) is 6.23 Å². The summed E-state index contributed by atoms with van der Waals surface area (Å²) in [6.07, 6.45) is 0.0610. The van der Waals surface area contributed by atoms with Crippen molar-refractivity contribution in [1.82, 2.24) is 5.32 Å². The number of hydrogen-bond donors (Lipinski definition) is 1. The van der Waals surface area contributed by atoms with E-state index in [0.29, 0.717) is 0 Å². The summed E-state index contributed by atoms with van der Waals surface area (Å²) in [6.45, 7) is 1.72. The molecule has 1 atom stereocenters. The van der Waals surface area contributed by atoms with E-state index in [-0.39, 0.29) is 6.23 Å². The molecular formula is C10H13NO2. The number of benzene rings is 1. The number of rotatable bonds is 2. The van der Waals surface area contributed by atoms with E-state index in [4.69, 9.17) is 9.47 Å². The SMILES string of the molecule is COc1ccc([C@@H]2NCCO2)cc1. The molecule has 13 heavy (non-hydrogen) atoms. The van der Waals surface area contributed by atoms with Gasteiger partial charge in [0, 0.05) is 6.54 Å². The van der Waals surface area contributed by atoms with E-state index in [2.05, 4.69) is 5.32 Å². The largest absolute Gasteiger partial charge is 0.497 e. The smallest absolute Gasteiger partial charge is 0.134 e. The molecule has 3 nitrogen and oxygen atoms in total. The molecular weight excluding hydrogens is 166 g/mol. The zero-order valence-corrected chi connectivity index (χ0v) is 7.62. The Labute approximate surface area is 77.7 Å². The molecule has 1 aliphatic rings. The van der Waals surface area contributed by atoms with Gasteiger partial charge in [0.2, 0.25) is 0 Å². The van der Waals surface area contributed by atoms with Gasteiger partial charge >= 0.3 is 0 Å². The fourth-order valence-electron chi connectivity index (χ4n) is 1.42. The average molecular weight is 179 g/mol. The van der Waals surface area contributed by atoms with Gasteiger partial charge in [-0.15, -0.1) is 0 Å². The lowest BCUT2D eigenvalue weighted by atomic mass is 10.2. The van der Waals surface area contributed by atoms with Gasteiger partial charge in [0.05, 0.1) is 13.7 Å². The van der Waals surface area contributed by atoms with Crippen molar-refractivity contribution < 1.29 is 9.47 Å². The highest BCUT2D eigenvalue weighted by Gasteiger charge is 2.15. The number of methoxy groups -OCH3 is 1. The van der Waals surface area contributed by atoms with Crippen LogP contribution in [0.25, 0.3) is 0 Å². The quantitative estimate of drug-likeness (QED) is 0.742. The number of nitrogens with one attached hydrogen (secondary N) is 1. The summed E-state index contributed by atoms with van der Waals surface area (Å²) in [5.74, 6) is 0.877. The Morgan fingerprint density at radius 1 is 1.38 bits per heavy atom. The van der Waals surface area contributed by atoms with Gasteiger partial charge in [-0.1, -0.05) is 12.1 Å². The molecule has 1 aromatic rings. The maximum atomic E-state index is 5.46. The highest BCUT2D eigenvalue weighted by atomic mass is 16.5. The zero-order valence-electron chi connectivity index (χ0n) is 7.62. The lowest BCUT2D eigenvalue weighted by molar-refractivity contribution is 0.102. The fraction of sp³-hybridized carbons (Fsp3) is 0.400. The summed E-state index contributed by atoms with van der Waals surface area (Å²) in [5.41, 5.74) is 1.15. The number of hydrogen-bond acceptors (Lipinski definition) is 3. The van der Waals surface area contributed by atoms with Crippen LogP contribution in [0.2, 0.25) is 0 Å². The van der Waals surface area contributed by atoms with Gasteiger partial charge in [0.25, 0.3) is 0 Å². The molecule has 1 aromatic carbocycles. The summed E-state index contributed by atoms with van der Waals surface area (Å²) in [6, 6.07) is 7.92. The highest BCUT2D eigenvalue weighted by Crippen LogP contribution is 2.20. The molecule has 0 aliphatic carbocycles. The molecule has 1 N–H and O–H groups in total. The van der Waals surface area contributed by atoms with E-state index in [1.807, 2.05) is 24.3 Å². The van der Waals surface area contributed by atoms with Gasteiger partial charge in [-0.25, -0.2) is 0 Å². The summed E-state index contributed by atoms with van der Waals surface area (Å²) in [4.78, 5) is 0. The molecule has 0 radical (unpaired) electrons. The molecule has 0 bridgehead atoms. The summed E-state index contributed by atoms with van der Waals surface area (Å²) < 4.78 is 10.5.